The Morgan fingerprint density at radius 3 is 2.28 bits per heavy atom. The molecular formula is C39H37N5O10S7+2. The Bertz CT molecular complexity index is 2990. The minimum absolute atomic E-state index is 0.0700. The zero-order valence-corrected chi connectivity index (χ0v) is 38.0. The van der Waals surface area contributed by atoms with Gasteiger partial charge in [0.15, 0.2) is 6.54 Å². The van der Waals surface area contributed by atoms with Crippen LogP contribution in [0.15, 0.2) is 109 Å². The summed E-state index contributed by atoms with van der Waals surface area (Å²) in [6.07, 6.45) is 4.87. The molecule has 15 nitrogen and oxygen atoms in total. The highest BCUT2D eigenvalue weighted by molar-refractivity contribution is 8.04. The summed E-state index contributed by atoms with van der Waals surface area (Å²) in [6.45, 7) is 2.64. The van der Waals surface area contributed by atoms with Crippen molar-refractivity contribution >= 4 is 128 Å². The lowest BCUT2D eigenvalue weighted by Crippen LogP contribution is -2.41. The molecule has 6 aromatic rings. The number of thiazole rings is 2. The summed E-state index contributed by atoms with van der Waals surface area (Å²) in [5.41, 5.74) is 4.35. The van der Waals surface area contributed by atoms with E-state index in [1.165, 1.54) is 35.2 Å². The molecule has 0 radical (unpaired) electrons. The van der Waals surface area contributed by atoms with Crippen LogP contribution in [0.4, 0.5) is 11.4 Å². The first-order valence-electron chi connectivity index (χ1n) is 18.4. The van der Waals surface area contributed by atoms with Crippen molar-refractivity contribution in [2.24, 2.45) is 7.05 Å². The number of benzene rings is 4. The second-order valence-corrected chi connectivity index (χ2v) is 21.9. The molecule has 8 rings (SSSR count). The maximum Gasteiger partial charge on any atom is 0.294 e. The van der Waals surface area contributed by atoms with Gasteiger partial charge in [0.2, 0.25) is 16.9 Å². The molecule has 2 aliphatic heterocycles. The SMILES string of the molecule is Cc1ccc2c(c1)N(CNC(=O)CN1C(=Cc3sc4ccc(S(=O)(=O)O)cc4[n+]3C)Sc3ccc(SOOO)cc31)C(=Cc1sc3ccccc3[n+]1CCCCS(=O)(=O)O)S2. The fraction of sp³-hybridized carbons (Fsp3) is 0.205. The van der Waals surface area contributed by atoms with Gasteiger partial charge < -0.3 is 15.1 Å². The zero-order valence-electron chi connectivity index (χ0n) is 32.2. The molecule has 4 aromatic carbocycles. The predicted molar refractivity (Wildman–Crippen MR) is 239 cm³/mol. The fourth-order valence-electron chi connectivity index (χ4n) is 6.89. The number of rotatable bonds is 15. The molecule has 4 N–H and O–H groups in total. The average Bonchev–Trinajstić information content (AvgIpc) is 3.94. The van der Waals surface area contributed by atoms with Crippen molar-refractivity contribution in [1.82, 2.24) is 5.32 Å². The molecule has 22 heteroatoms. The number of aryl methyl sites for hydroxylation is 3. The van der Waals surface area contributed by atoms with E-state index in [0.29, 0.717) is 29.8 Å². The van der Waals surface area contributed by atoms with Crippen LogP contribution in [0.25, 0.3) is 32.6 Å². The Morgan fingerprint density at radius 1 is 0.836 bits per heavy atom. The van der Waals surface area contributed by atoms with Gasteiger partial charge in [-0.05, 0) is 67.4 Å². The lowest BCUT2D eigenvalue weighted by Gasteiger charge is -2.23. The third kappa shape index (κ3) is 9.80. The Hall–Kier alpha value is -4.04. The second-order valence-electron chi connectivity index (χ2n) is 13.9. The van der Waals surface area contributed by atoms with Crippen LogP contribution in [0.1, 0.15) is 28.4 Å². The standard InChI is InChI=1S/C39H35N5O10S7/c1-24-9-12-33-29(17-24)44(39(58-33)21-37-42(15-5-6-16-60(47,48)49)27-7-3-4-8-31(27)56-37)23-40-35(45)22-43-30-18-25(59-54-53-46)10-13-34(30)57-38(43)20-36-41(2)28-19-26(61(50,51)52)11-14-32(28)55-36/h3-4,7-14,17-21H,5-6,15-16,22-23H2,1-2H3,(H2-2,40,45,46,47,48,49,50,51,52)/p+2. The number of amides is 1. The lowest BCUT2D eigenvalue weighted by atomic mass is 10.2. The molecule has 61 heavy (non-hydrogen) atoms. The monoisotopic (exact) mass is 959 g/mol. The Labute approximate surface area is 371 Å². The molecule has 1 amide bonds. The van der Waals surface area contributed by atoms with E-state index >= 15 is 0 Å². The van der Waals surface area contributed by atoms with Crippen LogP contribution in [0.5, 0.6) is 0 Å². The van der Waals surface area contributed by atoms with Crippen molar-refractivity contribution in [3.05, 3.63) is 104 Å². The average molecular weight is 960 g/mol. The van der Waals surface area contributed by atoms with E-state index in [2.05, 4.69) is 38.0 Å². The fourth-order valence-corrected chi connectivity index (χ4v) is 12.9. The summed E-state index contributed by atoms with van der Waals surface area (Å²) < 4.78 is 76.1. The number of aromatic nitrogens is 2. The van der Waals surface area contributed by atoms with Crippen LogP contribution in [-0.4, -0.2) is 56.1 Å². The number of para-hydroxylation sites is 1. The molecular weight excluding hydrogens is 923 g/mol. The summed E-state index contributed by atoms with van der Waals surface area (Å²) in [5, 5.41) is 19.1. The molecule has 0 atom stereocenters. The first-order valence-corrected chi connectivity index (χ1v) is 25.5. The van der Waals surface area contributed by atoms with E-state index in [1.54, 1.807) is 42.3 Å². The quantitative estimate of drug-likeness (QED) is 0.0198. The van der Waals surface area contributed by atoms with Gasteiger partial charge in [-0.15, -0.1) is 4.33 Å². The molecule has 0 saturated carbocycles. The number of hydrogen-bond acceptors (Lipinski definition) is 15. The molecule has 2 aromatic heterocycles. The molecule has 0 spiro atoms. The minimum atomic E-state index is -4.41. The lowest BCUT2D eigenvalue weighted by molar-refractivity contribution is -0.669. The third-order valence-corrected chi connectivity index (χ3v) is 16.5. The van der Waals surface area contributed by atoms with E-state index in [0.717, 1.165) is 73.8 Å². The van der Waals surface area contributed by atoms with Crippen molar-refractivity contribution in [2.75, 3.05) is 28.8 Å². The molecule has 0 bridgehead atoms. The summed E-state index contributed by atoms with van der Waals surface area (Å²) >= 11 is 6.89. The normalized spacial score (nSPS) is 15.4. The van der Waals surface area contributed by atoms with Gasteiger partial charge in [-0.1, -0.05) is 69.4 Å². The number of anilines is 2. The van der Waals surface area contributed by atoms with Crippen molar-refractivity contribution < 1.29 is 54.5 Å². The van der Waals surface area contributed by atoms with Gasteiger partial charge in [0.1, 0.15) is 27.9 Å². The van der Waals surface area contributed by atoms with E-state index in [-0.39, 0.29) is 29.8 Å². The largest absolute Gasteiger partial charge is 0.337 e. The van der Waals surface area contributed by atoms with Gasteiger partial charge in [0.25, 0.3) is 30.3 Å². The first-order chi connectivity index (χ1) is 29.1. The molecule has 4 heterocycles. The number of nitrogens with zero attached hydrogens (tertiary/aromatic N) is 4. The van der Waals surface area contributed by atoms with Gasteiger partial charge in [0.05, 0.1) is 58.0 Å². The van der Waals surface area contributed by atoms with Crippen molar-refractivity contribution in [2.45, 2.75) is 45.9 Å². The number of unbranched alkanes of at least 4 members (excludes halogenated alkanes) is 1. The summed E-state index contributed by atoms with van der Waals surface area (Å²) in [5.74, 6) is -0.576. The Kier molecular flexibility index (Phi) is 12.9. The maximum absolute atomic E-state index is 14.1. The van der Waals surface area contributed by atoms with Crippen LogP contribution < -0.4 is 24.3 Å². The van der Waals surface area contributed by atoms with Crippen LogP contribution in [0, 0.1) is 6.92 Å². The van der Waals surface area contributed by atoms with Gasteiger partial charge >= 0.3 is 0 Å². The summed E-state index contributed by atoms with van der Waals surface area (Å²) in [6, 6.07) is 24.1. The summed E-state index contributed by atoms with van der Waals surface area (Å²) in [4.78, 5) is 20.4. The van der Waals surface area contributed by atoms with Crippen LogP contribution >= 0.6 is 58.2 Å². The van der Waals surface area contributed by atoms with E-state index in [9.17, 15) is 30.7 Å². The van der Waals surface area contributed by atoms with E-state index < -0.39 is 20.2 Å². The molecule has 318 valence electrons. The zero-order chi connectivity index (χ0) is 43.1. The smallest absolute Gasteiger partial charge is 0.294 e. The van der Waals surface area contributed by atoms with Gasteiger partial charge in [-0.2, -0.15) is 26.0 Å². The van der Waals surface area contributed by atoms with Crippen molar-refractivity contribution in [3.63, 3.8) is 0 Å². The molecule has 0 saturated heterocycles. The highest BCUT2D eigenvalue weighted by Gasteiger charge is 2.32. The van der Waals surface area contributed by atoms with Gasteiger partial charge in [-0.3, -0.25) is 13.9 Å². The van der Waals surface area contributed by atoms with Gasteiger partial charge in [-0.25, -0.2) is 5.26 Å². The van der Waals surface area contributed by atoms with Crippen LogP contribution in [0.2, 0.25) is 0 Å². The summed E-state index contributed by atoms with van der Waals surface area (Å²) in [7, 11) is -6.67. The Morgan fingerprint density at radius 2 is 1.52 bits per heavy atom. The maximum atomic E-state index is 14.1. The van der Waals surface area contributed by atoms with Gasteiger partial charge in [0, 0.05) is 33.2 Å². The molecule has 0 aliphatic carbocycles. The van der Waals surface area contributed by atoms with Crippen LogP contribution in [0.3, 0.4) is 0 Å². The molecule has 2 aliphatic rings. The number of carbonyl (C=O) groups excluding carboxylic acids is 1. The van der Waals surface area contributed by atoms with E-state index in [1.807, 2.05) is 64.9 Å². The number of carbonyl (C=O) groups is 1. The van der Waals surface area contributed by atoms with Crippen LogP contribution in [-0.2, 0) is 48.0 Å². The Balaban J connectivity index is 1.08. The number of fused-ring (bicyclic) bond motifs is 4. The topological polar surface area (TPSA) is 191 Å². The minimum Gasteiger partial charge on any atom is -0.337 e. The number of thioether (sulfide) groups is 2. The highest BCUT2D eigenvalue weighted by Crippen LogP contribution is 2.49. The third-order valence-electron chi connectivity index (χ3n) is 9.78. The first kappa shape index (κ1) is 43.6. The highest BCUT2D eigenvalue weighted by atomic mass is 32.2. The van der Waals surface area contributed by atoms with E-state index in [4.69, 9.17) is 9.59 Å². The second kappa shape index (κ2) is 18.0. The number of hydrogen-bond donors (Lipinski definition) is 4. The van der Waals surface area contributed by atoms with Crippen molar-refractivity contribution in [1.29, 1.82) is 0 Å². The number of nitrogens with one attached hydrogen (secondary N) is 1. The van der Waals surface area contributed by atoms with Crippen molar-refractivity contribution in [3.8, 4) is 0 Å². The molecule has 0 unspecified atom stereocenters. The molecule has 0 fully saturated rings. The predicted octanol–water partition coefficient (Wildman–Crippen LogP) is 7.47.